The molecule has 0 fully saturated rings. The molecule has 0 radical (unpaired) electrons. The Labute approximate surface area is 230 Å². The molecule has 204 valence electrons. The Morgan fingerprint density at radius 3 is 2.46 bits per heavy atom. The average Bonchev–Trinajstić information content (AvgIpc) is 3.42. The van der Waals surface area contributed by atoms with Crippen LogP contribution >= 0.6 is 0 Å². The molecule has 6 heteroatoms. The van der Waals surface area contributed by atoms with Crippen molar-refractivity contribution in [2.24, 2.45) is 0 Å². The number of esters is 1. The number of benzene rings is 3. The number of aromatic amines is 1. The first-order chi connectivity index (χ1) is 18.9. The minimum absolute atomic E-state index is 0.00515. The number of carbonyl (C=O) groups excluding carboxylic acids is 2. The van der Waals surface area contributed by atoms with E-state index >= 15 is 0 Å². The van der Waals surface area contributed by atoms with E-state index in [4.69, 9.17) is 9.47 Å². The van der Waals surface area contributed by atoms with E-state index in [1.807, 2.05) is 80.4 Å². The van der Waals surface area contributed by atoms with Gasteiger partial charge in [0.25, 0.3) is 5.91 Å². The molecule has 0 aliphatic carbocycles. The molecule has 0 saturated carbocycles. The average molecular weight is 527 g/mol. The van der Waals surface area contributed by atoms with Crippen LogP contribution in [0.15, 0.2) is 79.0 Å². The van der Waals surface area contributed by atoms with Gasteiger partial charge >= 0.3 is 5.97 Å². The monoisotopic (exact) mass is 526 g/mol. The molecule has 4 aromatic rings. The molecule has 1 aromatic heterocycles. The number of hydrogen-bond donors (Lipinski definition) is 1. The van der Waals surface area contributed by atoms with Gasteiger partial charge in [0.05, 0.1) is 13.2 Å². The largest absolute Gasteiger partial charge is 0.494 e. The number of rotatable bonds is 13. The molecular weight excluding hydrogens is 488 g/mol. The number of hydrogen-bond acceptors (Lipinski definition) is 4. The summed E-state index contributed by atoms with van der Waals surface area (Å²) in [4.78, 5) is 30.0. The van der Waals surface area contributed by atoms with Crippen molar-refractivity contribution >= 4 is 22.8 Å². The zero-order valence-corrected chi connectivity index (χ0v) is 23.1. The molecule has 0 bridgehead atoms. The zero-order chi connectivity index (χ0) is 27.6. The van der Waals surface area contributed by atoms with Gasteiger partial charge in [0.15, 0.2) is 0 Å². The topological polar surface area (TPSA) is 71.6 Å². The van der Waals surface area contributed by atoms with Gasteiger partial charge in [0, 0.05) is 36.3 Å². The van der Waals surface area contributed by atoms with Gasteiger partial charge in [-0.3, -0.25) is 9.59 Å². The maximum absolute atomic E-state index is 13.5. The number of fused-ring (bicyclic) bond motifs is 1. The Morgan fingerprint density at radius 1 is 0.897 bits per heavy atom. The summed E-state index contributed by atoms with van der Waals surface area (Å²) in [6, 6.07) is 24.2. The van der Waals surface area contributed by atoms with Gasteiger partial charge < -0.3 is 19.4 Å². The fraction of sp³-hybridized carbons (Fsp3) is 0.333. The highest BCUT2D eigenvalue weighted by Gasteiger charge is 2.19. The van der Waals surface area contributed by atoms with Gasteiger partial charge in [0.2, 0.25) is 0 Å². The molecule has 0 aliphatic heterocycles. The van der Waals surface area contributed by atoms with Gasteiger partial charge in [-0.1, -0.05) is 30.3 Å². The van der Waals surface area contributed by atoms with Crippen LogP contribution in [-0.4, -0.2) is 41.0 Å². The number of H-pyrrole nitrogens is 1. The van der Waals surface area contributed by atoms with Crippen LogP contribution in [-0.2, 0) is 16.1 Å². The predicted molar refractivity (Wildman–Crippen MR) is 156 cm³/mol. The second kappa shape index (κ2) is 13.7. The van der Waals surface area contributed by atoms with Crippen LogP contribution in [0.2, 0.25) is 0 Å². The fourth-order valence-electron chi connectivity index (χ4n) is 4.59. The third-order valence-corrected chi connectivity index (χ3v) is 6.75. The summed E-state index contributed by atoms with van der Waals surface area (Å²) in [5.74, 6) is 0.657. The van der Waals surface area contributed by atoms with Crippen molar-refractivity contribution in [1.82, 2.24) is 9.88 Å². The van der Waals surface area contributed by atoms with E-state index < -0.39 is 0 Å². The summed E-state index contributed by atoms with van der Waals surface area (Å²) >= 11 is 0. The van der Waals surface area contributed by atoms with Crippen LogP contribution in [0.4, 0.5) is 0 Å². The molecule has 0 spiro atoms. The third-order valence-electron chi connectivity index (χ3n) is 6.75. The van der Waals surface area contributed by atoms with Gasteiger partial charge in [-0.25, -0.2) is 0 Å². The molecule has 0 atom stereocenters. The molecular formula is C33H38N2O4. The number of aromatic nitrogens is 1. The fourth-order valence-corrected chi connectivity index (χ4v) is 4.59. The molecule has 39 heavy (non-hydrogen) atoms. The van der Waals surface area contributed by atoms with E-state index in [-0.39, 0.29) is 17.9 Å². The standard InChI is InChI=1S/C33H38N2O4/c1-4-38-32(36)11-6-5-7-20-39-30-10-8-9-25(21-30)23-35(24(2)3)33(37)27-14-12-26(13-15-27)28-16-17-31-29(22-28)18-19-34-31/h8-10,12-19,21-22,24,34H,4-7,11,20,23H2,1-3H3. The zero-order valence-electron chi connectivity index (χ0n) is 23.1. The molecule has 0 aliphatic rings. The van der Waals surface area contributed by atoms with Crippen LogP contribution in [0.3, 0.4) is 0 Å². The van der Waals surface area contributed by atoms with Crippen LogP contribution in [0, 0.1) is 0 Å². The van der Waals surface area contributed by atoms with E-state index in [1.165, 1.54) is 5.39 Å². The van der Waals surface area contributed by atoms with Crippen molar-refractivity contribution in [2.45, 2.75) is 59.0 Å². The second-order valence-electron chi connectivity index (χ2n) is 10.00. The SMILES string of the molecule is CCOC(=O)CCCCCOc1cccc(CN(C(=O)c2ccc(-c3ccc4[nH]ccc4c3)cc2)C(C)C)c1. The van der Waals surface area contributed by atoms with Crippen LogP contribution in [0.25, 0.3) is 22.0 Å². The Bertz CT molecular complexity index is 1370. The van der Waals surface area contributed by atoms with Gasteiger partial charge in [0.1, 0.15) is 5.75 Å². The van der Waals surface area contributed by atoms with Crippen LogP contribution in [0.1, 0.15) is 62.4 Å². The third kappa shape index (κ3) is 7.73. The molecule has 4 rings (SSSR count). The highest BCUT2D eigenvalue weighted by molar-refractivity contribution is 5.95. The lowest BCUT2D eigenvalue weighted by atomic mass is 10.0. The molecule has 6 nitrogen and oxygen atoms in total. The summed E-state index contributed by atoms with van der Waals surface area (Å²) in [5.41, 5.74) is 5.01. The maximum atomic E-state index is 13.5. The summed E-state index contributed by atoms with van der Waals surface area (Å²) in [7, 11) is 0. The number of amides is 1. The lowest BCUT2D eigenvalue weighted by Crippen LogP contribution is -2.36. The minimum Gasteiger partial charge on any atom is -0.494 e. The van der Waals surface area contributed by atoms with E-state index in [9.17, 15) is 9.59 Å². The molecule has 0 saturated heterocycles. The van der Waals surface area contributed by atoms with Crippen molar-refractivity contribution in [2.75, 3.05) is 13.2 Å². The van der Waals surface area contributed by atoms with Crippen LogP contribution in [0.5, 0.6) is 5.75 Å². The maximum Gasteiger partial charge on any atom is 0.305 e. The minimum atomic E-state index is -0.138. The van der Waals surface area contributed by atoms with E-state index in [1.54, 1.807) is 0 Å². The highest BCUT2D eigenvalue weighted by atomic mass is 16.5. The van der Waals surface area contributed by atoms with E-state index in [0.717, 1.165) is 47.2 Å². The normalized spacial score (nSPS) is 11.1. The van der Waals surface area contributed by atoms with Gasteiger partial charge in [-0.05, 0) is 105 Å². The summed E-state index contributed by atoms with van der Waals surface area (Å²) in [6.45, 7) is 7.40. The van der Waals surface area contributed by atoms with Crippen LogP contribution < -0.4 is 4.74 Å². The quantitative estimate of drug-likeness (QED) is 0.146. The van der Waals surface area contributed by atoms with Crippen molar-refractivity contribution in [3.63, 3.8) is 0 Å². The first-order valence-electron chi connectivity index (χ1n) is 13.8. The predicted octanol–water partition coefficient (Wildman–Crippen LogP) is 7.39. The molecule has 1 amide bonds. The smallest absolute Gasteiger partial charge is 0.305 e. The first kappa shape index (κ1) is 28.0. The van der Waals surface area contributed by atoms with Crippen molar-refractivity contribution in [3.05, 3.63) is 90.1 Å². The number of unbranched alkanes of at least 4 members (excludes halogenated alkanes) is 2. The lowest BCUT2D eigenvalue weighted by Gasteiger charge is -2.27. The van der Waals surface area contributed by atoms with Gasteiger partial charge in [-0.2, -0.15) is 0 Å². The number of ether oxygens (including phenoxy) is 2. The van der Waals surface area contributed by atoms with Crippen molar-refractivity contribution in [1.29, 1.82) is 0 Å². The summed E-state index contributed by atoms with van der Waals surface area (Å²) in [5, 5.41) is 1.17. The second-order valence-corrected chi connectivity index (χ2v) is 10.00. The number of nitrogens with zero attached hydrogens (tertiary/aromatic N) is 1. The van der Waals surface area contributed by atoms with E-state index in [2.05, 4.69) is 29.2 Å². The molecule has 1 N–H and O–H groups in total. The summed E-state index contributed by atoms with van der Waals surface area (Å²) in [6.07, 6.45) is 4.98. The molecule has 1 heterocycles. The molecule has 0 unspecified atom stereocenters. The number of nitrogens with one attached hydrogen (secondary N) is 1. The number of carbonyl (C=O) groups is 2. The molecule has 3 aromatic carbocycles. The Balaban J connectivity index is 1.33. The Kier molecular flexibility index (Phi) is 9.79. The van der Waals surface area contributed by atoms with Crippen molar-refractivity contribution in [3.8, 4) is 16.9 Å². The highest BCUT2D eigenvalue weighted by Crippen LogP contribution is 2.25. The van der Waals surface area contributed by atoms with E-state index in [0.29, 0.717) is 31.7 Å². The summed E-state index contributed by atoms with van der Waals surface area (Å²) < 4.78 is 10.9. The van der Waals surface area contributed by atoms with Gasteiger partial charge in [-0.15, -0.1) is 0 Å². The van der Waals surface area contributed by atoms with Crippen molar-refractivity contribution < 1.29 is 19.1 Å². The first-order valence-corrected chi connectivity index (χ1v) is 13.8. The Hall–Kier alpha value is -4.06. The Morgan fingerprint density at radius 2 is 1.69 bits per heavy atom. The lowest BCUT2D eigenvalue weighted by molar-refractivity contribution is -0.143.